The molecule has 0 unspecified atom stereocenters. The normalized spacial score (nSPS) is 16.1. The third-order valence-corrected chi connectivity index (χ3v) is 6.26. The van der Waals surface area contributed by atoms with Crippen molar-refractivity contribution < 1.29 is 18.8 Å². The SMILES string of the molecule is CNC(=CNN)C1(NC(=O)C(=O)c2c(C)c(C(=O)Nc3cccc(F)c3)n3c2CCC3)CC1. The van der Waals surface area contributed by atoms with Gasteiger partial charge in [0.15, 0.2) is 0 Å². The Bertz CT molecular complexity index is 1170. The molecule has 0 spiro atoms. The molecule has 2 amide bonds. The maximum atomic E-state index is 13.5. The lowest BCUT2D eigenvalue weighted by Crippen LogP contribution is -2.45. The number of hydrogen-bond donors (Lipinski definition) is 5. The number of nitrogens with one attached hydrogen (secondary N) is 4. The van der Waals surface area contributed by atoms with Crippen LogP contribution in [0.3, 0.4) is 0 Å². The number of hydrazine groups is 1. The first-order valence-electron chi connectivity index (χ1n) is 10.8. The minimum Gasteiger partial charge on any atom is -0.388 e. The van der Waals surface area contributed by atoms with Crippen LogP contribution in [0.1, 0.15) is 51.4 Å². The summed E-state index contributed by atoms with van der Waals surface area (Å²) in [7, 11) is 1.71. The van der Waals surface area contributed by atoms with E-state index in [9.17, 15) is 18.8 Å². The molecule has 0 saturated heterocycles. The number of fused-ring (bicyclic) bond motifs is 1. The topological polar surface area (TPSA) is 130 Å². The van der Waals surface area contributed by atoms with Crippen molar-refractivity contribution in [1.82, 2.24) is 20.6 Å². The molecule has 174 valence electrons. The Morgan fingerprint density at radius 3 is 2.64 bits per heavy atom. The molecule has 1 aromatic heterocycles. The summed E-state index contributed by atoms with van der Waals surface area (Å²) in [6.07, 6.45) is 4.25. The molecule has 2 aliphatic rings. The number of Topliss-reactive ketones (excluding diaryl/α,β-unsaturated/α-hetero) is 1. The second-order valence-electron chi connectivity index (χ2n) is 8.35. The Hall–Kier alpha value is -3.66. The van der Waals surface area contributed by atoms with Gasteiger partial charge >= 0.3 is 0 Å². The first kappa shape index (κ1) is 22.5. The molecule has 2 aromatic rings. The van der Waals surface area contributed by atoms with E-state index in [1.165, 1.54) is 18.2 Å². The van der Waals surface area contributed by atoms with Crippen molar-refractivity contribution in [1.29, 1.82) is 0 Å². The van der Waals surface area contributed by atoms with Crippen LogP contribution in [0, 0.1) is 12.7 Å². The maximum Gasteiger partial charge on any atom is 0.293 e. The van der Waals surface area contributed by atoms with Crippen molar-refractivity contribution in [2.75, 3.05) is 12.4 Å². The van der Waals surface area contributed by atoms with Gasteiger partial charge in [-0.1, -0.05) is 6.07 Å². The molecule has 1 aliphatic heterocycles. The third-order valence-electron chi connectivity index (χ3n) is 6.26. The van der Waals surface area contributed by atoms with Crippen LogP contribution in [0.5, 0.6) is 0 Å². The van der Waals surface area contributed by atoms with E-state index >= 15 is 0 Å². The summed E-state index contributed by atoms with van der Waals surface area (Å²) < 4.78 is 15.3. The summed E-state index contributed by atoms with van der Waals surface area (Å²) in [5, 5.41) is 8.53. The van der Waals surface area contributed by atoms with Crippen molar-refractivity contribution >= 4 is 23.3 Å². The maximum absolute atomic E-state index is 13.5. The van der Waals surface area contributed by atoms with E-state index in [1.54, 1.807) is 30.8 Å². The van der Waals surface area contributed by atoms with Gasteiger partial charge in [-0.05, 0) is 56.4 Å². The van der Waals surface area contributed by atoms with Crippen LogP contribution in [0.2, 0.25) is 0 Å². The summed E-state index contributed by atoms with van der Waals surface area (Å²) in [5.74, 6) is 3.06. The fourth-order valence-electron chi connectivity index (χ4n) is 4.58. The second-order valence-corrected chi connectivity index (χ2v) is 8.35. The van der Waals surface area contributed by atoms with Crippen LogP contribution in [-0.2, 0) is 17.8 Å². The van der Waals surface area contributed by atoms with Gasteiger partial charge in [0.05, 0.1) is 16.8 Å². The van der Waals surface area contributed by atoms with Gasteiger partial charge in [-0.2, -0.15) is 0 Å². The highest BCUT2D eigenvalue weighted by Crippen LogP contribution is 2.41. The Labute approximate surface area is 190 Å². The molecule has 0 bridgehead atoms. The van der Waals surface area contributed by atoms with Crippen LogP contribution >= 0.6 is 0 Å². The Kier molecular flexibility index (Phi) is 5.94. The monoisotopic (exact) mass is 454 g/mol. The van der Waals surface area contributed by atoms with E-state index in [0.717, 1.165) is 6.42 Å². The Morgan fingerprint density at radius 2 is 2.00 bits per heavy atom. The number of nitrogens with two attached hydrogens (primary N) is 1. The standard InChI is InChI=1S/C23H27FN6O3/c1-13-18(20(31)22(33)29-23(8-9-23)17(26-2)12-27-25)16-7-4-10-30(16)19(13)21(32)28-15-6-3-5-14(24)11-15/h3,5-6,11-12,26-27H,4,7-10,25H2,1-2H3,(H,28,32)(H,29,33). The van der Waals surface area contributed by atoms with Gasteiger partial charge in [-0.15, -0.1) is 0 Å². The van der Waals surface area contributed by atoms with E-state index in [2.05, 4.69) is 21.4 Å². The van der Waals surface area contributed by atoms with Crippen molar-refractivity contribution in [3.63, 3.8) is 0 Å². The van der Waals surface area contributed by atoms with Gasteiger partial charge in [-0.3, -0.25) is 20.2 Å². The minimum atomic E-state index is -0.730. The first-order valence-corrected chi connectivity index (χ1v) is 10.8. The number of aromatic nitrogens is 1. The van der Waals surface area contributed by atoms with Crippen molar-refractivity contribution in [2.45, 2.75) is 44.7 Å². The average Bonchev–Trinajstić information content (AvgIpc) is 3.30. The number of likely N-dealkylation sites (N-methyl/N-ethyl adjacent to an activating group) is 1. The summed E-state index contributed by atoms with van der Waals surface area (Å²) in [5.41, 5.74) is 4.47. The summed E-state index contributed by atoms with van der Waals surface area (Å²) in [4.78, 5) is 39.3. The molecule has 1 saturated carbocycles. The van der Waals surface area contributed by atoms with E-state index in [-0.39, 0.29) is 5.56 Å². The number of nitrogens with zero attached hydrogens (tertiary/aromatic N) is 1. The van der Waals surface area contributed by atoms with Gasteiger partial charge in [-0.25, -0.2) is 4.39 Å². The number of rotatable bonds is 8. The van der Waals surface area contributed by atoms with E-state index in [4.69, 9.17) is 5.84 Å². The lowest BCUT2D eigenvalue weighted by Gasteiger charge is -2.20. The number of anilines is 1. The van der Waals surface area contributed by atoms with Gasteiger partial charge in [0.1, 0.15) is 11.5 Å². The molecular formula is C23H27FN6O3. The smallest absolute Gasteiger partial charge is 0.293 e. The van der Waals surface area contributed by atoms with E-state index < -0.39 is 29.0 Å². The van der Waals surface area contributed by atoms with Gasteiger partial charge < -0.3 is 25.9 Å². The number of hydrogen-bond acceptors (Lipinski definition) is 6. The van der Waals surface area contributed by atoms with Gasteiger partial charge in [0.25, 0.3) is 17.6 Å². The molecule has 0 atom stereocenters. The minimum absolute atomic E-state index is 0.261. The molecule has 6 N–H and O–H groups in total. The molecule has 2 heterocycles. The van der Waals surface area contributed by atoms with Crippen LogP contribution in [0.4, 0.5) is 10.1 Å². The molecule has 1 fully saturated rings. The highest BCUT2D eigenvalue weighted by atomic mass is 19.1. The lowest BCUT2D eigenvalue weighted by molar-refractivity contribution is -0.117. The number of carbonyl (C=O) groups is 3. The van der Waals surface area contributed by atoms with Crippen molar-refractivity contribution in [3.8, 4) is 0 Å². The third kappa shape index (κ3) is 4.09. The lowest BCUT2D eigenvalue weighted by atomic mass is 10.0. The fraction of sp³-hybridized carbons (Fsp3) is 0.348. The Morgan fingerprint density at radius 1 is 1.24 bits per heavy atom. The van der Waals surface area contributed by atoms with Crippen LogP contribution in [-0.4, -0.2) is 34.8 Å². The van der Waals surface area contributed by atoms with Crippen molar-refractivity contribution in [2.24, 2.45) is 5.84 Å². The predicted octanol–water partition coefficient (Wildman–Crippen LogP) is 1.49. The van der Waals surface area contributed by atoms with Gasteiger partial charge in [0, 0.05) is 31.2 Å². The summed E-state index contributed by atoms with van der Waals surface area (Å²) >= 11 is 0. The van der Waals surface area contributed by atoms with E-state index in [1.807, 2.05) is 0 Å². The zero-order valence-electron chi connectivity index (χ0n) is 18.5. The fourth-order valence-corrected chi connectivity index (χ4v) is 4.58. The molecule has 1 aromatic carbocycles. The molecule has 1 aliphatic carbocycles. The number of ketones is 1. The highest BCUT2D eigenvalue weighted by molar-refractivity contribution is 6.44. The number of benzene rings is 1. The molecule has 10 heteroatoms. The number of halogens is 1. The molecule has 33 heavy (non-hydrogen) atoms. The van der Waals surface area contributed by atoms with Crippen LogP contribution in [0.25, 0.3) is 0 Å². The first-order chi connectivity index (χ1) is 15.8. The molecule has 0 radical (unpaired) electrons. The second kappa shape index (κ2) is 8.70. The Balaban J connectivity index is 1.61. The average molecular weight is 455 g/mol. The zero-order chi connectivity index (χ0) is 23.8. The quantitative estimate of drug-likeness (QED) is 0.178. The molecule has 9 nitrogen and oxygen atoms in total. The predicted molar refractivity (Wildman–Crippen MR) is 121 cm³/mol. The van der Waals surface area contributed by atoms with Gasteiger partial charge in [0.2, 0.25) is 0 Å². The molecule has 4 rings (SSSR count). The molecular weight excluding hydrogens is 427 g/mol. The number of carbonyl (C=O) groups excluding carboxylic acids is 3. The largest absolute Gasteiger partial charge is 0.388 e. The summed E-state index contributed by atoms with van der Waals surface area (Å²) in [6, 6.07) is 5.60. The van der Waals surface area contributed by atoms with Crippen LogP contribution in [0.15, 0.2) is 36.2 Å². The summed E-state index contributed by atoms with van der Waals surface area (Å²) in [6.45, 7) is 2.23. The number of amides is 2. The highest BCUT2D eigenvalue weighted by Gasteiger charge is 2.49. The van der Waals surface area contributed by atoms with Crippen LogP contribution < -0.4 is 27.2 Å². The van der Waals surface area contributed by atoms with E-state index in [0.29, 0.717) is 54.1 Å². The zero-order valence-corrected chi connectivity index (χ0v) is 18.5. The van der Waals surface area contributed by atoms with Crippen molar-refractivity contribution in [3.05, 3.63) is 64.5 Å².